The summed E-state index contributed by atoms with van der Waals surface area (Å²) in [4.78, 5) is 22.8. The number of hydrogen-bond donors (Lipinski definition) is 2. The van der Waals surface area contributed by atoms with E-state index >= 15 is 0 Å². The van der Waals surface area contributed by atoms with Crippen LogP contribution in [0, 0.1) is 0 Å². The molecule has 2 N–H and O–H groups in total. The van der Waals surface area contributed by atoms with Crippen LogP contribution in [0.5, 0.6) is 17.2 Å². The van der Waals surface area contributed by atoms with Gasteiger partial charge in [-0.2, -0.15) is 0 Å². The van der Waals surface area contributed by atoms with Crippen molar-refractivity contribution in [2.24, 2.45) is 0 Å². The predicted molar refractivity (Wildman–Crippen MR) is 96.1 cm³/mol. The second-order valence-corrected chi connectivity index (χ2v) is 6.05. The van der Waals surface area contributed by atoms with Crippen LogP contribution in [0.3, 0.4) is 0 Å². The van der Waals surface area contributed by atoms with Crippen molar-refractivity contribution in [3.05, 3.63) is 28.6 Å². The first-order valence-electron chi connectivity index (χ1n) is 8.77. The molecule has 0 aliphatic heterocycles. The molecule has 26 heavy (non-hydrogen) atoms. The molecule has 1 aromatic carbocycles. The van der Waals surface area contributed by atoms with Crippen molar-refractivity contribution in [1.29, 1.82) is 0 Å². The number of fused-ring (bicyclic) bond motifs is 1. The van der Waals surface area contributed by atoms with Gasteiger partial charge in [0.1, 0.15) is 11.3 Å². The molecule has 2 aromatic rings. The highest BCUT2D eigenvalue weighted by molar-refractivity contribution is 5.86. The van der Waals surface area contributed by atoms with Crippen molar-refractivity contribution in [2.75, 3.05) is 6.61 Å². The van der Waals surface area contributed by atoms with E-state index in [0.717, 1.165) is 25.7 Å². The lowest BCUT2D eigenvalue weighted by Crippen LogP contribution is -2.19. The van der Waals surface area contributed by atoms with E-state index in [1.165, 1.54) is 18.2 Å². The topological polar surface area (TPSA) is 106 Å². The molecule has 1 unspecified atom stereocenters. The Morgan fingerprint density at radius 2 is 2.04 bits per heavy atom. The fourth-order valence-electron chi connectivity index (χ4n) is 2.62. The predicted octanol–water partition coefficient (Wildman–Crippen LogP) is 3.70. The van der Waals surface area contributed by atoms with Gasteiger partial charge in [0.05, 0.1) is 11.5 Å². The number of aromatic hydroxyl groups is 1. The highest BCUT2D eigenvalue weighted by Gasteiger charge is 2.19. The second kappa shape index (κ2) is 9.12. The first-order valence-corrected chi connectivity index (χ1v) is 8.77. The molecule has 1 atom stereocenters. The van der Waals surface area contributed by atoms with Crippen LogP contribution in [0.1, 0.15) is 46.0 Å². The van der Waals surface area contributed by atoms with Crippen molar-refractivity contribution in [2.45, 2.75) is 52.1 Å². The van der Waals surface area contributed by atoms with E-state index in [1.807, 2.05) is 6.92 Å². The van der Waals surface area contributed by atoms with Gasteiger partial charge >= 0.3 is 11.6 Å². The van der Waals surface area contributed by atoms with Crippen molar-refractivity contribution in [3.63, 3.8) is 0 Å². The highest BCUT2D eigenvalue weighted by Crippen LogP contribution is 2.34. The molecule has 7 heteroatoms. The SMILES string of the molecule is CCCCCC(CC)Oc1c(O)c2ccc(OCC(=O)O)cc2oc1=O. The number of rotatable bonds is 10. The summed E-state index contributed by atoms with van der Waals surface area (Å²) in [6.07, 6.45) is 4.49. The van der Waals surface area contributed by atoms with E-state index in [-0.39, 0.29) is 28.9 Å². The van der Waals surface area contributed by atoms with Gasteiger partial charge in [0.25, 0.3) is 0 Å². The standard InChI is InChI=1S/C19H24O7/c1-3-5-6-7-12(4-2)25-18-17(22)14-9-8-13(24-11-16(20)21)10-15(14)26-19(18)23/h8-10,12,22H,3-7,11H2,1-2H3,(H,20,21). The lowest BCUT2D eigenvalue weighted by molar-refractivity contribution is -0.139. The highest BCUT2D eigenvalue weighted by atomic mass is 16.5. The minimum atomic E-state index is -1.12. The first-order chi connectivity index (χ1) is 12.5. The zero-order chi connectivity index (χ0) is 19.1. The third kappa shape index (κ3) is 4.91. The molecule has 0 saturated carbocycles. The number of carbonyl (C=O) groups is 1. The average molecular weight is 364 g/mol. The third-order valence-corrected chi connectivity index (χ3v) is 4.04. The monoisotopic (exact) mass is 364 g/mol. The van der Waals surface area contributed by atoms with Crippen molar-refractivity contribution < 1.29 is 28.9 Å². The summed E-state index contributed by atoms with van der Waals surface area (Å²) in [5, 5.41) is 19.4. The van der Waals surface area contributed by atoms with Gasteiger partial charge in [-0.25, -0.2) is 9.59 Å². The number of carboxylic acid groups (broad SMARTS) is 1. The molecule has 1 aromatic heterocycles. The molecule has 0 fully saturated rings. The smallest absolute Gasteiger partial charge is 0.383 e. The molecule has 0 bridgehead atoms. The minimum absolute atomic E-state index is 0.0989. The summed E-state index contributed by atoms with van der Waals surface area (Å²) in [6.45, 7) is 3.56. The number of carboxylic acids is 1. The maximum Gasteiger partial charge on any atom is 0.383 e. The Bertz CT molecular complexity index is 809. The normalized spacial score (nSPS) is 12.1. The van der Waals surface area contributed by atoms with Crippen LogP contribution in [-0.4, -0.2) is 28.9 Å². The van der Waals surface area contributed by atoms with Crippen molar-refractivity contribution in [1.82, 2.24) is 0 Å². The van der Waals surface area contributed by atoms with E-state index in [1.54, 1.807) is 0 Å². The summed E-state index contributed by atoms with van der Waals surface area (Å²) >= 11 is 0. The minimum Gasteiger partial charge on any atom is -0.504 e. The lowest BCUT2D eigenvalue weighted by Gasteiger charge is -2.17. The van der Waals surface area contributed by atoms with E-state index in [0.29, 0.717) is 11.8 Å². The van der Waals surface area contributed by atoms with Gasteiger partial charge in [0.15, 0.2) is 12.4 Å². The Labute approximate surface area is 151 Å². The van der Waals surface area contributed by atoms with Crippen LogP contribution >= 0.6 is 0 Å². The quantitative estimate of drug-likeness (QED) is 0.489. The molecule has 0 spiro atoms. The fourth-order valence-corrected chi connectivity index (χ4v) is 2.62. The maximum absolute atomic E-state index is 12.2. The van der Waals surface area contributed by atoms with Gasteiger partial charge in [-0.3, -0.25) is 0 Å². The Kier molecular flexibility index (Phi) is 6.89. The third-order valence-electron chi connectivity index (χ3n) is 4.04. The summed E-state index contributed by atoms with van der Waals surface area (Å²) in [5.41, 5.74) is -0.680. The second-order valence-electron chi connectivity index (χ2n) is 6.05. The van der Waals surface area contributed by atoms with Crippen LogP contribution < -0.4 is 15.1 Å². The fraction of sp³-hybridized carbons (Fsp3) is 0.474. The summed E-state index contributed by atoms with van der Waals surface area (Å²) < 4.78 is 16.0. The molecular weight excluding hydrogens is 340 g/mol. The van der Waals surface area contributed by atoms with Crippen LogP contribution in [0.25, 0.3) is 11.0 Å². The van der Waals surface area contributed by atoms with E-state index < -0.39 is 18.2 Å². The van der Waals surface area contributed by atoms with Gasteiger partial charge in [-0.15, -0.1) is 0 Å². The van der Waals surface area contributed by atoms with E-state index in [2.05, 4.69) is 6.92 Å². The molecule has 142 valence electrons. The maximum atomic E-state index is 12.2. The number of aliphatic carboxylic acids is 1. The van der Waals surface area contributed by atoms with Crippen LogP contribution in [0.4, 0.5) is 0 Å². The van der Waals surface area contributed by atoms with Crippen LogP contribution in [0.15, 0.2) is 27.4 Å². The zero-order valence-corrected chi connectivity index (χ0v) is 15.0. The Morgan fingerprint density at radius 3 is 2.69 bits per heavy atom. The van der Waals surface area contributed by atoms with Gasteiger partial charge in [0.2, 0.25) is 5.75 Å². The largest absolute Gasteiger partial charge is 0.504 e. The first kappa shape index (κ1) is 19.6. The van der Waals surface area contributed by atoms with E-state index in [9.17, 15) is 14.7 Å². The Morgan fingerprint density at radius 1 is 1.27 bits per heavy atom. The number of hydrogen-bond acceptors (Lipinski definition) is 6. The summed E-state index contributed by atoms with van der Waals surface area (Å²) in [6, 6.07) is 4.35. The molecule has 0 aliphatic carbocycles. The van der Waals surface area contributed by atoms with Gasteiger partial charge in [-0.1, -0.05) is 26.7 Å². The van der Waals surface area contributed by atoms with Gasteiger partial charge < -0.3 is 24.1 Å². The van der Waals surface area contributed by atoms with Gasteiger partial charge in [-0.05, 0) is 31.4 Å². The Balaban J connectivity index is 2.27. The van der Waals surface area contributed by atoms with Crippen molar-refractivity contribution in [3.8, 4) is 17.2 Å². The average Bonchev–Trinajstić information content (AvgIpc) is 2.61. The molecule has 2 rings (SSSR count). The molecule has 0 saturated heterocycles. The molecule has 0 amide bonds. The van der Waals surface area contributed by atoms with Crippen LogP contribution in [0.2, 0.25) is 0 Å². The summed E-state index contributed by atoms with van der Waals surface area (Å²) in [7, 11) is 0. The molecule has 7 nitrogen and oxygen atoms in total. The van der Waals surface area contributed by atoms with Crippen molar-refractivity contribution >= 4 is 16.9 Å². The molecule has 1 heterocycles. The molecule has 0 aliphatic rings. The van der Waals surface area contributed by atoms with Crippen LogP contribution in [-0.2, 0) is 4.79 Å². The number of ether oxygens (including phenoxy) is 2. The zero-order valence-electron chi connectivity index (χ0n) is 15.0. The summed E-state index contributed by atoms with van der Waals surface area (Å²) in [5.74, 6) is -1.37. The van der Waals surface area contributed by atoms with E-state index in [4.69, 9.17) is 19.0 Å². The molecule has 0 radical (unpaired) electrons. The Hall–Kier alpha value is -2.70. The van der Waals surface area contributed by atoms with Gasteiger partial charge in [0, 0.05) is 6.07 Å². The number of benzene rings is 1. The lowest BCUT2D eigenvalue weighted by atomic mass is 10.1. The number of unbranched alkanes of at least 4 members (excludes halogenated alkanes) is 2. The molecular formula is C19H24O7.